The average molecular weight is 451 g/mol. The Balaban J connectivity index is 1.68. The molecule has 2 atom stereocenters. The predicted octanol–water partition coefficient (Wildman–Crippen LogP) is 4.74. The van der Waals surface area contributed by atoms with E-state index in [0.717, 1.165) is 41.8 Å². The Labute approximate surface area is 191 Å². The van der Waals surface area contributed by atoms with Crippen molar-refractivity contribution < 1.29 is 19.1 Å². The monoisotopic (exact) mass is 450 g/mol. The first-order valence-electron chi connectivity index (χ1n) is 10.9. The van der Waals surface area contributed by atoms with Crippen LogP contribution in [-0.2, 0) is 27.2 Å². The highest BCUT2D eigenvalue weighted by atomic mass is 32.1. The smallest absolute Gasteiger partial charge is 0.317 e. The van der Waals surface area contributed by atoms with E-state index >= 15 is 0 Å². The molecule has 1 heterocycles. The molecule has 0 unspecified atom stereocenters. The Bertz CT molecular complexity index is 1110. The zero-order valence-corrected chi connectivity index (χ0v) is 19.1. The van der Waals surface area contributed by atoms with Crippen molar-refractivity contribution in [3.05, 3.63) is 57.6 Å². The number of allylic oxidation sites excluding steroid dienone is 2. The lowest BCUT2D eigenvalue weighted by Crippen LogP contribution is -2.35. The largest absolute Gasteiger partial charge is 0.497 e. The molecule has 0 aliphatic heterocycles. The number of nitriles is 1. The maximum atomic E-state index is 13.1. The first-order valence-corrected chi connectivity index (χ1v) is 11.7. The number of ketones is 1. The summed E-state index contributed by atoms with van der Waals surface area (Å²) >= 11 is 1.60. The predicted molar refractivity (Wildman–Crippen MR) is 123 cm³/mol. The van der Waals surface area contributed by atoms with Gasteiger partial charge in [0.25, 0.3) is 0 Å². The molecule has 1 N–H and O–H groups in total. The van der Waals surface area contributed by atoms with Gasteiger partial charge >= 0.3 is 5.97 Å². The minimum absolute atomic E-state index is 0.217. The molecular formula is C25H26N2O4S. The van der Waals surface area contributed by atoms with Gasteiger partial charge in [-0.15, -0.1) is 11.3 Å². The normalized spacial score (nSPS) is 20.0. The second-order valence-corrected chi connectivity index (χ2v) is 9.15. The fraction of sp³-hybridized carbons (Fsp3) is 0.400. The number of aryl methyl sites for hydroxylation is 1. The lowest BCUT2D eigenvalue weighted by molar-refractivity contribution is -0.151. The molecule has 0 fully saturated rings. The number of carbonyl (C=O) groups excluding carboxylic acids is 2. The van der Waals surface area contributed by atoms with E-state index in [2.05, 4.69) is 11.4 Å². The van der Waals surface area contributed by atoms with E-state index in [1.54, 1.807) is 25.4 Å². The van der Waals surface area contributed by atoms with E-state index in [9.17, 15) is 14.9 Å². The van der Waals surface area contributed by atoms with Crippen molar-refractivity contribution in [2.45, 2.75) is 44.9 Å². The van der Waals surface area contributed by atoms with E-state index in [0.29, 0.717) is 23.4 Å². The molecule has 32 heavy (non-hydrogen) atoms. The maximum Gasteiger partial charge on any atom is 0.317 e. The van der Waals surface area contributed by atoms with Crippen LogP contribution in [0, 0.1) is 17.2 Å². The third-order valence-corrected chi connectivity index (χ3v) is 7.29. The number of hydrogen-bond acceptors (Lipinski definition) is 7. The molecule has 0 radical (unpaired) electrons. The summed E-state index contributed by atoms with van der Waals surface area (Å²) in [5.74, 6) is -1.42. The van der Waals surface area contributed by atoms with Gasteiger partial charge in [0.1, 0.15) is 22.7 Å². The van der Waals surface area contributed by atoms with Gasteiger partial charge in [-0.1, -0.05) is 12.1 Å². The van der Waals surface area contributed by atoms with Gasteiger partial charge in [0, 0.05) is 22.6 Å². The van der Waals surface area contributed by atoms with Crippen LogP contribution in [0.5, 0.6) is 5.75 Å². The summed E-state index contributed by atoms with van der Waals surface area (Å²) in [4.78, 5) is 27.0. The molecule has 6 nitrogen and oxygen atoms in total. The Morgan fingerprint density at radius 1 is 1.31 bits per heavy atom. The second-order valence-electron chi connectivity index (χ2n) is 8.04. The third-order valence-electron chi connectivity index (χ3n) is 6.08. The van der Waals surface area contributed by atoms with Crippen molar-refractivity contribution in [2.24, 2.45) is 5.92 Å². The van der Waals surface area contributed by atoms with Crippen LogP contribution in [0.15, 0.2) is 36.0 Å². The Hall–Kier alpha value is -3.11. The highest BCUT2D eigenvalue weighted by Gasteiger charge is 2.40. The van der Waals surface area contributed by atoms with Gasteiger partial charge in [-0.2, -0.15) is 5.26 Å². The van der Waals surface area contributed by atoms with Crippen LogP contribution >= 0.6 is 11.3 Å². The van der Waals surface area contributed by atoms with E-state index in [-0.39, 0.29) is 18.3 Å². The zero-order chi connectivity index (χ0) is 22.7. The number of methoxy groups -OCH3 is 1. The van der Waals surface area contributed by atoms with E-state index in [1.807, 2.05) is 24.3 Å². The number of hydrogen-bond donors (Lipinski definition) is 1. The topological polar surface area (TPSA) is 88.4 Å². The molecule has 0 saturated carbocycles. The second kappa shape index (κ2) is 9.58. The van der Waals surface area contributed by atoms with Crippen molar-refractivity contribution in [1.82, 2.24) is 0 Å². The molecule has 2 aliphatic rings. The molecule has 7 heteroatoms. The van der Waals surface area contributed by atoms with Crippen LogP contribution in [-0.4, -0.2) is 25.5 Å². The lowest BCUT2D eigenvalue weighted by atomic mass is 9.76. The van der Waals surface area contributed by atoms with Crippen molar-refractivity contribution in [2.75, 3.05) is 19.0 Å². The summed E-state index contributed by atoms with van der Waals surface area (Å²) < 4.78 is 10.6. The SMILES string of the molecule is CCOC(=O)[C@H]1C(=O)C=C(Nc2sc3c(c2C#N)CCCC3)C[C@H]1c1cccc(OC)c1. The number of benzene rings is 1. The van der Waals surface area contributed by atoms with Crippen molar-refractivity contribution >= 4 is 28.1 Å². The molecular weight excluding hydrogens is 424 g/mol. The molecule has 2 aromatic rings. The quantitative estimate of drug-likeness (QED) is 0.505. The van der Waals surface area contributed by atoms with Crippen LogP contribution in [0.2, 0.25) is 0 Å². The van der Waals surface area contributed by atoms with Gasteiger partial charge in [0.2, 0.25) is 0 Å². The molecule has 166 valence electrons. The van der Waals surface area contributed by atoms with Crippen LogP contribution < -0.4 is 10.1 Å². The summed E-state index contributed by atoms with van der Waals surface area (Å²) in [5, 5.41) is 13.9. The minimum Gasteiger partial charge on any atom is -0.497 e. The van der Waals surface area contributed by atoms with Crippen molar-refractivity contribution in [1.29, 1.82) is 5.26 Å². The van der Waals surface area contributed by atoms with Gasteiger partial charge in [-0.25, -0.2) is 0 Å². The Kier molecular flexibility index (Phi) is 6.61. The zero-order valence-electron chi connectivity index (χ0n) is 18.3. The molecule has 0 saturated heterocycles. The van der Waals surface area contributed by atoms with Crippen LogP contribution in [0.1, 0.15) is 53.7 Å². The summed E-state index contributed by atoms with van der Waals surface area (Å²) in [6, 6.07) is 9.80. The van der Waals surface area contributed by atoms with Gasteiger partial charge in [-0.05, 0) is 62.3 Å². The van der Waals surface area contributed by atoms with Crippen LogP contribution in [0.4, 0.5) is 5.00 Å². The summed E-state index contributed by atoms with van der Waals surface area (Å²) in [7, 11) is 1.59. The first kappa shape index (κ1) is 22.1. The summed E-state index contributed by atoms with van der Waals surface area (Å²) in [6.45, 7) is 1.95. The maximum absolute atomic E-state index is 13.1. The van der Waals surface area contributed by atoms with E-state index in [1.165, 1.54) is 11.0 Å². The number of fused-ring (bicyclic) bond motifs is 1. The number of anilines is 1. The van der Waals surface area contributed by atoms with Gasteiger partial charge in [0.15, 0.2) is 5.78 Å². The first-order chi connectivity index (χ1) is 15.5. The van der Waals surface area contributed by atoms with Crippen molar-refractivity contribution in [3.8, 4) is 11.8 Å². The van der Waals surface area contributed by atoms with Gasteiger partial charge in [0.05, 0.1) is 19.3 Å². The lowest BCUT2D eigenvalue weighted by Gasteiger charge is -2.29. The number of ether oxygens (including phenoxy) is 2. The molecule has 1 aromatic carbocycles. The number of nitrogens with one attached hydrogen (secondary N) is 1. The molecule has 0 amide bonds. The molecule has 0 spiro atoms. The van der Waals surface area contributed by atoms with E-state index < -0.39 is 11.9 Å². The Morgan fingerprint density at radius 3 is 2.88 bits per heavy atom. The highest BCUT2D eigenvalue weighted by molar-refractivity contribution is 7.16. The van der Waals surface area contributed by atoms with Crippen molar-refractivity contribution in [3.63, 3.8) is 0 Å². The number of esters is 1. The highest BCUT2D eigenvalue weighted by Crippen LogP contribution is 2.42. The van der Waals surface area contributed by atoms with Crippen LogP contribution in [0.25, 0.3) is 0 Å². The Morgan fingerprint density at radius 2 is 2.12 bits per heavy atom. The standard InChI is InChI=1S/C25H26N2O4S/c1-3-31-25(29)23-19(15-7-6-8-17(11-15)30-2)12-16(13-21(23)28)27-24-20(14-26)18-9-4-5-10-22(18)32-24/h6-8,11,13,19,23,27H,3-5,9-10,12H2,1-2H3/t19-,23+/m0/s1. The van der Waals surface area contributed by atoms with Gasteiger partial charge < -0.3 is 14.8 Å². The summed E-state index contributed by atoms with van der Waals surface area (Å²) in [6.07, 6.45) is 6.10. The minimum atomic E-state index is -0.903. The molecule has 0 bridgehead atoms. The average Bonchev–Trinajstić information content (AvgIpc) is 3.15. The van der Waals surface area contributed by atoms with Gasteiger partial charge in [-0.3, -0.25) is 9.59 Å². The number of carbonyl (C=O) groups is 2. The molecule has 2 aliphatic carbocycles. The molecule has 1 aromatic heterocycles. The third kappa shape index (κ3) is 4.28. The number of thiophene rings is 1. The summed E-state index contributed by atoms with van der Waals surface area (Å²) in [5.41, 5.74) is 3.37. The van der Waals surface area contributed by atoms with Crippen LogP contribution in [0.3, 0.4) is 0 Å². The molecule has 4 rings (SSSR count). The number of nitrogens with zero attached hydrogens (tertiary/aromatic N) is 1. The number of rotatable bonds is 6. The fourth-order valence-corrected chi connectivity index (χ4v) is 5.85. The fourth-order valence-electron chi connectivity index (χ4n) is 4.57. The van der Waals surface area contributed by atoms with E-state index in [4.69, 9.17) is 9.47 Å².